The van der Waals surface area contributed by atoms with Gasteiger partial charge in [-0.25, -0.2) is 0 Å². The van der Waals surface area contributed by atoms with E-state index in [4.69, 9.17) is 4.74 Å². The molecule has 2 heteroatoms. The summed E-state index contributed by atoms with van der Waals surface area (Å²) >= 11 is 0. The van der Waals surface area contributed by atoms with Crippen molar-refractivity contribution in [2.75, 3.05) is 20.2 Å². The number of benzene rings is 1. The summed E-state index contributed by atoms with van der Waals surface area (Å²) in [5.74, 6) is 0. The molecule has 1 fully saturated rings. The third kappa shape index (κ3) is 2.63. The van der Waals surface area contributed by atoms with E-state index in [1.165, 1.54) is 12.0 Å². The third-order valence-corrected chi connectivity index (χ3v) is 3.43. The molecule has 87 valence electrons. The number of nitrogens with zero attached hydrogens (tertiary/aromatic N) is 1. The molecule has 0 aliphatic carbocycles. The SMILES string of the molecule is [CH2]C1(COCc2ccccc2)CCCN1C. The minimum Gasteiger partial charge on any atom is -0.375 e. The summed E-state index contributed by atoms with van der Waals surface area (Å²) < 4.78 is 5.77. The van der Waals surface area contributed by atoms with Crippen molar-refractivity contribution in [2.45, 2.75) is 25.0 Å². The van der Waals surface area contributed by atoms with Crippen LogP contribution in [0.15, 0.2) is 30.3 Å². The molecule has 0 spiro atoms. The molecule has 2 rings (SSSR count). The first-order valence-electron chi connectivity index (χ1n) is 5.89. The van der Waals surface area contributed by atoms with E-state index < -0.39 is 0 Å². The van der Waals surface area contributed by atoms with Crippen molar-refractivity contribution in [3.63, 3.8) is 0 Å². The Bertz CT molecular complexity index is 325. The van der Waals surface area contributed by atoms with Gasteiger partial charge in [-0.1, -0.05) is 30.3 Å². The van der Waals surface area contributed by atoms with Gasteiger partial charge in [0.25, 0.3) is 0 Å². The third-order valence-electron chi connectivity index (χ3n) is 3.43. The van der Waals surface area contributed by atoms with Gasteiger partial charge in [-0.15, -0.1) is 0 Å². The average Bonchev–Trinajstić information content (AvgIpc) is 2.61. The highest BCUT2D eigenvalue weighted by atomic mass is 16.5. The summed E-state index contributed by atoms with van der Waals surface area (Å²) in [6, 6.07) is 10.3. The van der Waals surface area contributed by atoms with Crippen LogP contribution in [0.3, 0.4) is 0 Å². The van der Waals surface area contributed by atoms with Crippen LogP contribution in [0.2, 0.25) is 0 Å². The van der Waals surface area contributed by atoms with Crippen molar-refractivity contribution in [1.29, 1.82) is 0 Å². The Labute approximate surface area is 98.2 Å². The van der Waals surface area contributed by atoms with Gasteiger partial charge in [0.2, 0.25) is 0 Å². The first-order chi connectivity index (χ1) is 7.71. The molecule has 1 heterocycles. The second-order valence-corrected chi connectivity index (χ2v) is 4.73. The molecular formula is C14H20NO. The summed E-state index contributed by atoms with van der Waals surface area (Å²) in [7, 11) is 2.13. The highest BCUT2D eigenvalue weighted by Gasteiger charge is 2.33. The Morgan fingerprint density at radius 2 is 2.12 bits per heavy atom. The number of rotatable bonds is 4. The lowest BCUT2D eigenvalue weighted by molar-refractivity contribution is 0.0403. The first-order valence-corrected chi connectivity index (χ1v) is 5.89. The van der Waals surface area contributed by atoms with Crippen molar-refractivity contribution >= 4 is 0 Å². The van der Waals surface area contributed by atoms with Gasteiger partial charge in [0.05, 0.1) is 13.2 Å². The molecule has 1 radical (unpaired) electrons. The van der Waals surface area contributed by atoms with Gasteiger partial charge in [-0.2, -0.15) is 0 Å². The quantitative estimate of drug-likeness (QED) is 0.770. The van der Waals surface area contributed by atoms with Crippen LogP contribution in [0.1, 0.15) is 18.4 Å². The highest BCUT2D eigenvalue weighted by molar-refractivity contribution is 5.13. The molecule has 0 saturated carbocycles. The molecule has 1 aromatic rings. The maximum absolute atomic E-state index is 5.77. The lowest BCUT2D eigenvalue weighted by Gasteiger charge is -2.31. The molecular weight excluding hydrogens is 198 g/mol. The Balaban J connectivity index is 1.80. The van der Waals surface area contributed by atoms with E-state index in [9.17, 15) is 0 Å². The molecule has 0 N–H and O–H groups in total. The lowest BCUT2D eigenvalue weighted by atomic mass is 10.0. The summed E-state index contributed by atoms with van der Waals surface area (Å²) in [6.45, 7) is 6.83. The number of likely N-dealkylation sites (N-methyl/N-ethyl adjacent to an activating group) is 1. The van der Waals surface area contributed by atoms with Gasteiger partial charge in [-0.3, -0.25) is 4.90 Å². The molecule has 1 atom stereocenters. The Hall–Kier alpha value is -0.860. The zero-order chi connectivity index (χ0) is 11.4. The van der Waals surface area contributed by atoms with E-state index in [1.54, 1.807) is 0 Å². The minimum atomic E-state index is -0.00518. The summed E-state index contributed by atoms with van der Waals surface area (Å²) in [4.78, 5) is 2.30. The summed E-state index contributed by atoms with van der Waals surface area (Å²) in [5.41, 5.74) is 1.22. The first kappa shape index (κ1) is 11.6. The zero-order valence-corrected chi connectivity index (χ0v) is 9.98. The van der Waals surface area contributed by atoms with Crippen molar-refractivity contribution in [2.24, 2.45) is 0 Å². The van der Waals surface area contributed by atoms with Crippen LogP contribution in [-0.2, 0) is 11.3 Å². The molecule has 1 unspecified atom stereocenters. The lowest BCUT2D eigenvalue weighted by Crippen LogP contribution is -2.42. The van der Waals surface area contributed by atoms with Crippen LogP contribution in [0.5, 0.6) is 0 Å². The van der Waals surface area contributed by atoms with E-state index in [-0.39, 0.29) is 5.54 Å². The largest absolute Gasteiger partial charge is 0.375 e. The van der Waals surface area contributed by atoms with Gasteiger partial charge in [0.1, 0.15) is 0 Å². The van der Waals surface area contributed by atoms with Crippen molar-refractivity contribution in [3.05, 3.63) is 42.8 Å². The number of likely N-dealkylation sites (tertiary alicyclic amines) is 1. The van der Waals surface area contributed by atoms with Crippen LogP contribution < -0.4 is 0 Å². The molecule has 1 aliphatic rings. The predicted molar refractivity (Wildman–Crippen MR) is 66.1 cm³/mol. The Kier molecular flexibility index (Phi) is 3.62. The number of hydrogen-bond acceptors (Lipinski definition) is 2. The zero-order valence-electron chi connectivity index (χ0n) is 9.98. The Morgan fingerprint density at radius 1 is 1.38 bits per heavy atom. The van der Waals surface area contributed by atoms with Crippen LogP contribution >= 0.6 is 0 Å². The van der Waals surface area contributed by atoms with Gasteiger partial charge < -0.3 is 4.74 Å². The van der Waals surface area contributed by atoms with Crippen molar-refractivity contribution in [1.82, 2.24) is 4.90 Å². The molecule has 2 nitrogen and oxygen atoms in total. The van der Waals surface area contributed by atoms with E-state index >= 15 is 0 Å². The van der Waals surface area contributed by atoms with Gasteiger partial charge in [-0.05, 0) is 38.9 Å². The second kappa shape index (κ2) is 4.98. The van der Waals surface area contributed by atoms with Crippen LogP contribution in [0.4, 0.5) is 0 Å². The summed E-state index contributed by atoms with van der Waals surface area (Å²) in [5, 5.41) is 0. The fraction of sp³-hybridized carbons (Fsp3) is 0.500. The van der Waals surface area contributed by atoms with Gasteiger partial charge >= 0.3 is 0 Å². The maximum Gasteiger partial charge on any atom is 0.0717 e. The molecule has 16 heavy (non-hydrogen) atoms. The smallest absolute Gasteiger partial charge is 0.0717 e. The molecule has 1 aromatic carbocycles. The minimum absolute atomic E-state index is 0.00518. The molecule has 0 bridgehead atoms. The van der Waals surface area contributed by atoms with E-state index in [0.29, 0.717) is 6.61 Å². The number of hydrogen-bond donors (Lipinski definition) is 0. The van der Waals surface area contributed by atoms with E-state index in [2.05, 4.69) is 31.0 Å². The maximum atomic E-state index is 5.77. The monoisotopic (exact) mass is 218 g/mol. The van der Waals surface area contributed by atoms with Crippen LogP contribution in [-0.4, -0.2) is 30.6 Å². The van der Waals surface area contributed by atoms with E-state index in [1.807, 2.05) is 18.2 Å². The van der Waals surface area contributed by atoms with Gasteiger partial charge in [0.15, 0.2) is 0 Å². The Morgan fingerprint density at radius 3 is 2.75 bits per heavy atom. The van der Waals surface area contributed by atoms with Crippen molar-refractivity contribution < 1.29 is 4.74 Å². The predicted octanol–water partition coefficient (Wildman–Crippen LogP) is 2.50. The second-order valence-electron chi connectivity index (χ2n) is 4.73. The fourth-order valence-electron chi connectivity index (χ4n) is 2.19. The average molecular weight is 218 g/mol. The van der Waals surface area contributed by atoms with Crippen LogP contribution in [0, 0.1) is 6.92 Å². The molecule has 1 aliphatic heterocycles. The molecule has 0 aromatic heterocycles. The topological polar surface area (TPSA) is 12.5 Å². The fourth-order valence-corrected chi connectivity index (χ4v) is 2.19. The van der Waals surface area contributed by atoms with Gasteiger partial charge in [0, 0.05) is 5.54 Å². The molecule has 0 amide bonds. The number of ether oxygens (including phenoxy) is 1. The summed E-state index contributed by atoms with van der Waals surface area (Å²) in [6.07, 6.45) is 2.37. The van der Waals surface area contributed by atoms with Crippen LogP contribution in [0.25, 0.3) is 0 Å². The van der Waals surface area contributed by atoms with E-state index in [0.717, 1.165) is 19.6 Å². The highest BCUT2D eigenvalue weighted by Crippen LogP contribution is 2.27. The normalized spacial score (nSPS) is 26.1. The standard InChI is InChI=1S/C14H20NO/c1-14(9-6-10-15(14)2)12-16-11-13-7-4-3-5-8-13/h3-5,7-8H,1,6,9-12H2,2H3. The molecule has 1 saturated heterocycles. The van der Waals surface area contributed by atoms with Crippen molar-refractivity contribution in [3.8, 4) is 0 Å².